The molecule has 1 heterocycles. The van der Waals surface area contributed by atoms with E-state index in [2.05, 4.69) is 4.90 Å². The van der Waals surface area contributed by atoms with Crippen LogP contribution < -0.4 is 0 Å². The van der Waals surface area contributed by atoms with Gasteiger partial charge >= 0.3 is 5.97 Å². The normalized spacial score (nSPS) is 18.5. The highest BCUT2D eigenvalue weighted by atomic mass is 35.5. The predicted octanol–water partition coefficient (Wildman–Crippen LogP) is 4.03. The third kappa shape index (κ3) is 3.16. The Labute approximate surface area is 135 Å². The number of likely N-dealkylation sites (tertiary alicyclic amines) is 1. The molecular formula is C18H18ClNO2. The van der Waals surface area contributed by atoms with Gasteiger partial charge in [-0.25, -0.2) is 4.79 Å². The van der Waals surface area contributed by atoms with Gasteiger partial charge in [-0.2, -0.15) is 0 Å². The van der Waals surface area contributed by atoms with Gasteiger partial charge in [0.25, 0.3) is 0 Å². The molecule has 0 amide bonds. The van der Waals surface area contributed by atoms with Gasteiger partial charge in [0.2, 0.25) is 0 Å². The third-order valence-electron chi connectivity index (χ3n) is 4.26. The van der Waals surface area contributed by atoms with Gasteiger partial charge in [0.05, 0.1) is 5.56 Å². The Morgan fingerprint density at radius 3 is 2.68 bits per heavy atom. The summed E-state index contributed by atoms with van der Waals surface area (Å²) in [5.41, 5.74) is 2.49. The zero-order valence-corrected chi connectivity index (χ0v) is 13.0. The second kappa shape index (κ2) is 6.51. The second-order valence-electron chi connectivity index (χ2n) is 5.70. The number of hydrogen-bond donors (Lipinski definition) is 1. The summed E-state index contributed by atoms with van der Waals surface area (Å²) in [5.74, 6) is -0.574. The number of carboxylic acid groups (broad SMARTS) is 1. The minimum Gasteiger partial charge on any atom is -0.478 e. The minimum absolute atomic E-state index is 0.273. The predicted molar refractivity (Wildman–Crippen MR) is 87.5 cm³/mol. The Morgan fingerprint density at radius 1 is 1.18 bits per heavy atom. The number of hydrogen-bond acceptors (Lipinski definition) is 2. The molecule has 1 aliphatic heterocycles. The van der Waals surface area contributed by atoms with E-state index in [0.29, 0.717) is 5.56 Å². The second-order valence-corrected chi connectivity index (χ2v) is 6.11. The highest BCUT2D eigenvalue weighted by molar-refractivity contribution is 6.31. The lowest BCUT2D eigenvalue weighted by atomic mass is 9.93. The van der Waals surface area contributed by atoms with E-state index >= 15 is 0 Å². The largest absolute Gasteiger partial charge is 0.478 e. The highest BCUT2D eigenvalue weighted by Crippen LogP contribution is 2.31. The fourth-order valence-corrected chi connectivity index (χ4v) is 3.34. The van der Waals surface area contributed by atoms with Crippen molar-refractivity contribution in [1.29, 1.82) is 0 Å². The van der Waals surface area contributed by atoms with E-state index in [1.54, 1.807) is 12.1 Å². The van der Waals surface area contributed by atoms with Crippen LogP contribution in [-0.4, -0.2) is 29.1 Å². The van der Waals surface area contributed by atoms with Gasteiger partial charge in [0.15, 0.2) is 0 Å². The summed E-state index contributed by atoms with van der Waals surface area (Å²) in [6.07, 6.45) is 0.981. The Kier molecular flexibility index (Phi) is 4.46. The standard InChI is InChI=1S/C18H18ClNO2/c19-17-8-4-1-5-14(17)12-20-10-9-13(11-20)15-6-2-3-7-16(15)18(21)22/h1-8,13H,9-12H2,(H,21,22)/t13-/m0/s1. The molecule has 114 valence electrons. The number of aromatic carboxylic acids is 1. The summed E-state index contributed by atoms with van der Waals surface area (Å²) in [7, 11) is 0. The Balaban J connectivity index is 1.73. The van der Waals surface area contributed by atoms with Crippen molar-refractivity contribution in [2.75, 3.05) is 13.1 Å². The number of nitrogens with zero attached hydrogens (tertiary/aromatic N) is 1. The smallest absolute Gasteiger partial charge is 0.335 e. The van der Waals surface area contributed by atoms with Gasteiger partial charge < -0.3 is 5.11 Å². The number of rotatable bonds is 4. The molecule has 4 heteroatoms. The summed E-state index contributed by atoms with van der Waals surface area (Å²) in [4.78, 5) is 13.7. The van der Waals surface area contributed by atoms with Gasteiger partial charge in [-0.15, -0.1) is 0 Å². The lowest BCUT2D eigenvalue weighted by molar-refractivity contribution is 0.0695. The van der Waals surface area contributed by atoms with Crippen LogP contribution in [0.4, 0.5) is 0 Å². The fraction of sp³-hybridized carbons (Fsp3) is 0.278. The average Bonchev–Trinajstić information content (AvgIpc) is 2.98. The van der Waals surface area contributed by atoms with Crippen molar-refractivity contribution in [2.45, 2.75) is 18.9 Å². The van der Waals surface area contributed by atoms with Crippen molar-refractivity contribution in [2.24, 2.45) is 0 Å². The first-order chi connectivity index (χ1) is 10.6. The number of carbonyl (C=O) groups is 1. The van der Waals surface area contributed by atoms with Crippen molar-refractivity contribution in [3.8, 4) is 0 Å². The van der Waals surface area contributed by atoms with E-state index in [-0.39, 0.29) is 5.92 Å². The SMILES string of the molecule is O=C(O)c1ccccc1[C@H]1CCN(Cc2ccccc2Cl)C1. The molecule has 0 aromatic heterocycles. The molecule has 1 atom stereocenters. The minimum atomic E-state index is -0.847. The summed E-state index contributed by atoms with van der Waals surface area (Å²) in [6.45, 7) is 2.64. The van der Waals surface area contributed by atoms with Crippen LogP contribution in [0.2, 0.25) is 5.02 Å². The molecule has 3 rings (SSSR count). The molecule has 0 saturated carbocycles. The lowest BCUT2D eigenvalue weighted by Crippen LogP contribution is -2.20. The Bertz CT molecular complexity index is 686. The highest BCUT2D eigenvalue weighted by Gasteiger charge is 2.27. The zero-order chi connectivity index (χ0) is 15.5. The molecule has 2 aromatic rings. The summed E-state index contributed by atoms with van der Waals surface area (Å²) < 4.78 is 0. The summed E-state index contributed by atoms with van der Waals surface area (Å²) in [5, 5.41) is 10.1. The molecular weight excluding hydrogens is 298 g/mol. The van der Waals surface area contributed by atoms with E-state index in [1.807, 2.05) is 36.4 Å². The molecule has 22 heavy (non-hydrogen) atoms. The monoisotopic (exact) mass is 315 g/mol. The molecule has 2 aromatic carbocycles. The molecule has 0 unspecified atom stereocenters. The maximum Gasteiger partial charge on any atom is 0.335 e. The quantitative estimate of drug-likeness (QED) is 0.926. The van der Waals surface area contributed by atoms with Crippen molar-refractivity contribution < 1.29 is 9.90 Å². The van der Waals surface area contributed by atoms with Crippen LogP contribution >= 0.6 is 11.6 Å². The molecule has 1 N–H and O–H groups in total. The van der Waals surface area contributed by atoms with Crippen LogP contribution in [0.3, 0.4) is 0 Å². The van der Waals surface area contributed by atoms with E-state index < -0.39 is 5.97 Å². The lowest BCUT2D eigenvalue weighted by Gasteiger charge is -2.18. The van der Waals surface area contributed by atoms with Gasteiger partial charge in [-0.1, -0.05) is 48.0 Å². The van der Waals surface area contributed by atoms with Gasteiger partial charge in [0, 0.05) is 18.1 Å². The van der Waals surface area contributed by atoms with E-state index in [1.165, 1.54) is 0 Å². The zero-order valence-electron chi connectivity index (χ0n) is 12.2. The maximum absolute atomic E-state index is 11.4. The molecule has 1 fully saturated rings. The van der Waals surface area contributed by atoms with Gasteiger partial charge in [-0.3, -0.25) is 4.90 Å². The van der Waals surface area contributed by atoms with Crippen LogP contribution in [0.25, 0.3) is 0 Å². The van der Waals surface area contributed by atoms with Crippen molar-refractivity contribution in [3.05, 3.63) is 70.2 Å². The number of carboxylic acids is 1. The van der Waals surface area contributed by atoms with E-state index in [9.17, 15) is 9.90 Å². The molecule has 0 radical (unpaired) electrons. The topological polar surface area (TPSA) is 40.5 Å². The average molecular weight is 316 g/mol. The van der Waals surface area contributed by atoms with Crippen molar-refractivity contribution >= 4 is 17.6 Å². The molecule has 0 spiro atoms. The molecule has 0 aliphatic carbocycles. The van der Waals surface area contributed by atoms with Crippen molar-refractivity contribution in [1.82, 2.24) is 4.90 Å². The van der Waals surface area contributed by atoms with Gasteiger partial charge in [-0.05, 0) is 42.1 Å². The third-order valence-corrected chi connectivity index (χ3v) is 4.62. The van der Waals surface area contributed by atoms with Crippen LogP contribution in [0.1, 0.15) is 33.8 Å². The summed E-state index contributed by atoms with van der Waals surface area (Å²) >= 11 is 6.22. The molecule has 0 bridgehead atoms. The molecule has 1 aliphatic rings. The number of halogens is 1. The van der Waals surface area contributed by atoms with E-state index in [0.717, 1.165) is 42.2 Å². The molecule has 3 nitrogen and oxygen atoms in total. The number of benzene rings is 2. The molecule has 1 saturated heterocycles. The first kappa shape index (κ1) is 15.1. The first-order valence-corrected chi connectivity index (χ1v) is 7.81. The van der Waals surface area contributed by atoms with Crippen LogP contribution in [0, 0.1) is 0 Å². The van der Waals surface area contributed by atoms with Crippen LogP contribution in [-0.2, 0) is 6.54 Å². The maximum atomic E-state index is 11.4. The Hall–Kier alpha value is -1.84. The van der Waals surface area contributed by atoms with Gasteiger partial charge in [0.1, 0.15) is 0 Å². The van der Waals surface area contributed by atoms with Crippen LogP contribution in [0.15, 0.2) is 48.5 Å². The Morgan fingerprint density at radius 2 is 1.91 bits per heavy atom. The first-order valence-electron chi connectivity index (χ1n) is 7.43. The van der Waals surface area contributed by atoms with E-state index in [4.69, 9.17) is 11.6 Å². The van der Waals surface area contributed by atoms with Crippen LogP contribution in [0.5, 0.6) is 0 Å². The van der Waals surface area contributed by atoms with Crippen molar-refractivity contribution in [3.63, 3.8) is 0 Å². The fourth-order valence-electron chi connectivity index (χ4n) is 3.15. The summed E-state index contributed by atoms with van der Waals surface area (Å²) in [6, 6.07) is 15.2.